The van der Waals surface area contributed by atoms with Gasteiger partial charge in [0.2, 0.25) is 10.0 Å². The predicted octanol–water partition coefficient (Wildman–Crippen LogP) is 2.94. The lowest BCUT2D eigenvalue weighted by Gasteiger charge is -2.28. The second-order valence-electron chi connectivity index (χ2n) is 5.95. The van der Waals surface area contributed by atoms with Crippen LogP contribution in [-0.4, -0.2) is 33.0 Å². The van der Waals surface area contributed by atoms with Gasteiger partial charge in [0.1, 0.15) is 10.7 Å². The van der Waals surface area contributed by atoms with Gasteiger partial charge in [-0.3, -0.25) is 4.90 Å². The molecule has 1 saturated heterocycles. The van der Waals surface area contributed by atoms with E-state index in [1.165, 1.54) is 18.2 Å². The highest BCUT2D eigenvalue weighted by atomic mass is 32.2. The van der Waals surface area contributed by atoms with E-state index >= 15 is 0 Å². The summed E-state index contributed by atoms with van der Waals surface area (Å²) in [6.07, 6.45) is 2.23. The van der Waals surface area contributed by atoms with Gasteiger partial charge in [-0.05, 0) is 43.6 Å². The minimum absolute atomic E-state index is 0.0461. The molecule has 0 aromatic heterocycles. The molecule has 128 valence electrons. The first-order chi connectivity index (χ1) is 11.6. The molecule has 24 heavy (non-hydrogen) atoms. The van der Waals surface area contributed by atoms with Gasteiger partial charge in [-0.2, -0.15) is 0 Å². The molecule has 2 aromatic carbocycles. The van der Waals surface area contributed by atoms with Crippen molar-refractivity contribution in [3.8, 4) is 0 Å². The van der Waals surface area contributed by atoms with E-state index < -0.39 is 15.8 Å². The zero-order valence-corrected chi connectivity index (χ0v) is 14.2. The van der Waals surface area contributed by atoms with Crippen LogP contribution >= 0.6 is 0 Å². The third kappa shape index (κ3) is 3.83. The molecule has 0 aliphatic carbocycles. The number of benzene rings is 2. The summed E-state index contributed by atoms with van der Waals surface area (Å²) in [6.45, 7) is 2.11. The summed E-state index contributed by atoms with van der Waals surface area (Å²) in [5.74, 6) is -0.734. The van der Waals surface area contributed by atoms with Crippen molar-refractivity contribution in [2.24, 2.45) is 0 Å². The molecule has 1 heterocycles. The number of likely N-dealkylation sites (tertiary alicyclic amines) is 1. The van der Waals surface area contributed by atoms with Crippen LogP contribution in [0.4, 0.5) is 4.39 Å². The monoisotopic (exact) mass is 348 g/mol. The highest BCUT2D eigenvalue weighted by Crippen LogP contribution is 2.25. The lowest BCUT2D eigenvalue weighted by atomic mass is 10.1. The Balaban J connectivity index is 1.80. The van der Waals surface area contributed by atoms with E-state index in [0.717, 1.165) is 37.6 Å². The van der Waals surface area contributed by atoms with Crippen LogP contribution in [0.2, 0.25) is 0 Å². The molecule has 0 amide bonds. The summed E-state index contributed by atoms with van der Waals surface area (Å²) < 4.78 is 41.3. The van der Waals surface area contributed by atoms with E-state index in [0.29, 0.717) is 0 Å². The van der Waals surface area contributed by atoms with E-state index in [-0.39, 0.29) is 17.5 Å². The summed E-state index contributed by atoms with van der Waals surface area (Å²) in [4.78, 5) is 1.97. The van der Waals surface area contributed by atoms with Crippen LogP contribution < -0.4 is 4.72 Å². The SMILES string of the molecule is O=S(=O)(NCC(c1ccccc1)N1CCCC1)c1ccccc1F. The maximum Gasteiger partial charge on any atom is 0.243 e. The molecule has 0 bridgehead atoms. The Hall–Kier alpha value is -1.76. The molecule has 0 saturated carbocycles. The van der Waals surface area contributed by atoms with E-state index in [2.05, 4.69) is 9.62 Å². The molecule has 6 heteroatoms. The van der Waals surface area contributed by atoms with Crippen LogP contribution in [0.1, 0.15) is 24.4 Å². The molecular weight excluding hydrogens is 327 g/mol. The fourth-order valence-corrected chi connectivity index (χ4v) is 4.23. The Morgan fingerprint density at radius 2 is 1.62 bits per heavy atom. The van der Waals surface area contributed by atoms with Crippen molar-refractivity contribution < 1.29 is 12.8 Å². The van der Waals surface area contributed by atoms with Crippen molar-refractivity contribution in [1.29, 1.82) is 0 Å². The zero-order valence-electron chi connectivity index (χ0n) is 13.4. The minimum atomic E-state index is -3.88. The Bertz CT molecular complexity index is 775. The van der Waals surface area contributed by atoms with Gasteiger partial charge in [-0.25, -0.2) is 17.5 Å². The first-order valence-electron chi connectivity index (χ1n) is 8.11. The van der Waals surface area contributed by atoms with Gasteiger partial charge in [0.15, 0.2) is 0 Å². The molecule has 1 aliphatic heterocycles. The molecule has 1 fully saturated rings. The maximum absolute atomic E-state index is 13.8. The third-order valence-electron chi connectivity index (χ3n) is 4.36. The van der Waals surface area contributed by atoms with Gasteiger partial charge < -0.3 is 0 Å². The van der Waals surface area contributed by atoms with Crippen LogP contribution in [0.5, 0.6) is 0 Å². The lowest BCUT2D eigenvalue weighted by Crippen LogP contribution is -2.37. The number of rotatable bonds is 6. The van der Waals surface area contributed by atoms with E-state index in [1.54, 1.807) is 0 Å². The van der Waals surface area contributed by atoms with E-state index in [1.807, 2.05) is 30.3 Å². The summed E-state index contributed by atoms with van der Waals surface area (Å²) in [6, 6.07) is 15.2. The van der Waals surface area contributed by atoms with Crippen molar-refractivity contribution in [3.63, 3.8) is 0 Å². The molecule has 1 unspecified atom stereocenters. The number of nitrogens with zero attached hydrogens (tertiary/aromatic N) is 1. The first kappa shape index (κ1) is 17.1. The summed E-state index contributed by atoms with van der Waals surface area (Å²) in [7, 11) is -3.88. The van der Waals surface area contributed by atoms with Crippen molar-refractivity contribution in [2.45, 2.75) is 23.8 Å². The molecule has 2 aromatic rings. The average Bonchev–Trinajstić information content (AvgIpc) is 3.10. The summed E-state index contributed by atoms with van der Waals surface area (Å²) in [5.41, 5.74) is 1.07. The first-order valence-corrected chi connectivity index (χ1v) is 9.59. The lowest BCUT2D eigenvalue weighted by molar-refractivity contribution is 0.246. The van der Waals surface area contributed by atoms with Crippen molar-refractivity contribution in [1.82, 2.24) is 9.62 Å². The summed E-state index contributed by atoms with van der Waals surface area (Å²) >= 11 is 0. The fraction of sp³-hybridized carbons (Fsp3) is 0.333. The van der Waals surface area contributed by atoms with Gasteiger partial charge in [-0.1, -0.05) is 42.5 Å². The van der Waals surface area contributed by atoms with Gasteiger partial charge in [0.25, 0.3) is 0 Å². The van der Waals surface area contributed by atoms with Crippen LogP contribution in [0.3, 0.4) is 0 Å². The van der Waals surface area contributed by atoms with Crippen molar-refractivity contribution in [3.05, 3.63) is 66.0 Å². The molecule has 1 N–H and O–H groups in total. The fourth-order valence-electron chi connectivity index (χ4n) is 3.12. The van der Waals surface area contributed by atoms with E-state index in [4.69, 9.17) is 0 Å². The average molecular weight is 348 g/mol. The molecule has 1 aliphatic rings. The van der Waals surface area contributed by atoms with Crippen molar-refractivity contribution >= 4 is 10.0 Å². The number of hydrogen-bond donors (Lipinski definition) is 1. The van der Waals surface area contributed by atoms with Crippen LogP contribution in [0.15, 0.2) is 59.5 Å². The van der Waals surface area contributed by atoms with Crippen molar-refractivity contribution in [2.75, 3.05) is 19.6 Å². The molecule has 3 rings (SSSR count). The minimum Gasteiger partial charge on any atom is -0.295 e. The Morgan fingerprint density at radius 3 is 2.29 bits per heavy atom. The standard InChI is InChI=1S/C18H21FN2O2S/c19-16-10-4-5-11-18(16)24(22,23)20-14-17(21-12-6-7-13-21)15-8-2-1-3-9-15/h1-5,8-11,17,20H,6-7,12-14H2. The highest BCUT2D eigenvalue weighted by molar-refractivity contribution is 7.89. The Morgan fingerprint density at radius 1 is 1.00 bits per heavy atom. The van der Waals surface area contributed by atoms with Crippen LogP contribution in [0, 0.1) is 5.82 Å². The molecular formula is C18H21FN2O2S. The Kier molecular flexibility index (Phi) is 5.28. The van der Waals surface area contributed by atoms with Crippen LogP contribution in [-0.2, 0) is 10.0 Å². The van der Waals surface area contributed by atoms with Crippen LogP contribution in [0.25, 0.3) is 0 Å². The smallest absolute Gasteiger partial charge is 0.243 e. The number of halogens is 1. The van der Waals surface area contributed by atoms with Gasteiger partial charge in [0, 0.05) is 12.6 Å². The number of hydrogen-bond acceptors (Lipinski definition) is 3. The van der Waals surface area contributed by atoms with E-state index in [9.17, 15) is 12.8 Å². The van der Waals surface area contributed by atoms with Gasteiger partial charge in [0.05, 0.1) is 0 Å². The normalized spacial score (nSPS) is 17.0. The van der Waals surface area contributed by atoms with Gasteiger partial charge >= 0.3 is 0 Å². The second-order valence-corrected chi connectivity index (χ2v) is 7.69. The topological polar surface area (TPSA) is 49.4 Å². The number of sulfonamides is 1. The zero-order chi connectivity index (χ0) is 17.0. The highest BCUT2D eigenvalue weighted by Gasteiger charge is 2.26. The second kappa shape index (κ2) is 7.42. The van der Waals surface area contributed by atoms with Gasteiger partial charge in [-0.15, -0.1) is 0 Å². The third-order valence-corrected chi connectivity index (χ3v) is 5.82. The molecule has 1 atom stereocenters. The quantitative estimate of drug-likeness (QED) is 0.873. The number of nitrogens with one attached hydrogen (secondary N) is 1. The molecule has 0 spiro atoms. The molecule has 4 nitrogen and oxygen atoms in total. The summed E-state index contributed by atoms with van der Waals surface area (Å²) in [5, 5.41) is 0. The largest absolute Gasteiger partial charge is 0.295 e. The Labute approximate surface area is 142 Å². The maximum atomic E-state index is 13.8. The predicted molar refractivity (Wildman–Crippen MR) is 91.6 cm³/mol. The molecule has 0 radical (unpaired) electrons.